The molecule has 0 heterocycles. The molecule has 0 saturated carbocycles. The number of carbonyl (C=O) groups is 2. The lowest BCUT2D eigenvalue weighted by Gasteiger charge is -2.05. The van der Waals surface area contributed by atoms with Gasteiger partial charge in [0.15, 0.2) is 0 Å². The first-order valence-corrected chi connectivity index (χ1v) is 12.3. The number of ether oxygens (including phenoxy) is 1. The van der Waals surface area contributed by atoms with Gasteiger partial charge in [0.25, 0.3) is 0 Å². The highest BCUT2D eigenvalue weighted by atomic mass is 79.9. The topological polar surface area (TPSA) is 67.8 Å². The molecule has 0 spiro atoms. The second kappa shape index (κ2) is 15.4. The number of nitrogens with one attached hydrogen (secondary N) is 1. The molecule has 5 nitrogen and oxygen atoms in total. The molecule has 0 aliphatic heterocycles. The lowest BCUT2D eigenvalue weighted by molar-refractivity contribution is -0.121. The lowest BCUT2D eigenvalue weighted by atomic mass is 10.1. The van der Waals surface area contributed by atoms with Crippen LogP contribution < -0.4 is 10.2 Å². The van der Waals surface area contributed by atoms with Crippen LogP contribution in [-0.2, 0) is 4.79 Å². The van der Waals surface area contributed by atoms with E-state index in [-0.39, 0.29) is 5.91 Å². The zero-order valence-electron chi connectivity index (χ0n) is 18.8. The Morgan fingerprint density at radius 1 is 0.875 bits per heavy atom. The SMILES string of the molecule is CCCCCCCCCCCC(=O)N/N=C\c1ccc(OC(=O)c2ccc(Br)cc2)cc1. The molecule has 0 fully saturated rings. The Morgan fingerprint density at radius 2 is 1.47 bits per heavy atom. The molecule has 2 aromatic carbocycles. The Morgan fingerprint density at radius 3 is 2.09 bits per heavy atom. The smallest absolute Gasteiger partial charge is 0.343 e. The van der Waals surface area contributed by atoms with Gasteiger partial charge in [0.1, 0.15) is 5.75 Å². The minimum absolute atomic E-state index is 0.0655. The van der Waals surface area contributed by atoms with Crippen molar-refractivity contribution in [1.29, 1.82) is 0 Å². The van der Waals surface area contributed by atoms with Crippen molar-refractivity contribution in [3.63, 3.8) is 0 Å². The summed E-state index contributed by atoms with van der Waals surface area (Å²) in [7, 11) is 0. The highest BCUT2D eigenvalue weighted by molar-refractivity contribution is 9.10. The quantitative estimate of drug-likeness (QED) is 0.0993. The summed E-state index contributed by atoms with van der Waals surface area (Å²) in [6, 6.07) is 13.9. The van der Waals surface area contributed by atoms with Gasteiger partial charge in [0, 0.05) is 10.9 Å². The number of unbranched alkanes of at least 4 members (excludes halogenated alkanes) is 8. The third kappa shape index (κ3) is 10.7. The summed E-state index contributed by atoms with van der Waals surface area (Å²) in [5.74, 6) is -0.0311. The summed E-state index contributed by atoms with van der Waals surface area (Å²) >= 11 is 3.34. The standard InChI is InChI=1S/C26H33BrN2O3/c1-2-3-4-5-6-7-8-9-10-11-25(30)29-28-20-21-12-18-24(19-13-21)32-26(31)22-14-16-23(27)17-15-22/h12-20H,2-11H2,1H3,(H,29,30)/b28-20-. The van der Waals surface area contributed by atoms with E-state index in [1.165, 1.54) is 44.9 Å². The molecular weight excluding hydrogens is 468 g/mol. The number of esters is 1. The van der Waals surface area contributed by atoms with Crippen LogP contribution in [0.25, 0.3) is 0 Å². The maximum absolute atomic E-state index is 12.1. The molecule has 1 amide bonds. The molecule has 6 heteroatoms. The first kappa shape index (κ1) is 25.8. The van der Waals surface area contributed by atoms with E-state index in [0.717, 1.165) is 22.9 Å². The minimum atomic E-state index is -0.414. The molecule has 172 valence electrons. The Labute approximate surface area is 199 Å². The summed E-state index contributed by atoms with van der Waals surface area (Å²) in [5.41, 5.74) is 3.85. The lowest BCUT2D eigenvalue weighted by Crippen LogP contribution is -2.16. The molecule has 0 radical (unpaired) electrons. The van der Waals surface area contributed by atoms with Crippen LogP contribution in [0.1, 0.15) is 87.1 Å². The van der Waals surface area contributed by atoms with E-state index in [9.17, 15) is 9.59 Å². The second-order valence-corrected chi connectivity index (χ2v) is 8.75. The van der Waals surface area contributed by atoms with Crippen LogP contribution in [0.2, 0.25) is 0 Å². The largest absolute Gasteiger partial charge is 0.423 e. The van der Waals surface area contributed by atoms with Gasteiger partial charge in [-0.1, -0.05) is 74.2 Å². The molecule has 0 aliphatic rings. The van der Waals surface area contributed by atoms with Crippen molar-refractivity contribution in [1.82, 2.24) is 5.43 Å². The fourth-order valence-electron chi connectivity index (χ4n) is 3.20. The maximum atomic E-state index is 12.1. The van der Waals surface area contributed by atoms with E-state index in [1.54, 1.807) is 54.7 Å². The number of halogens is 1. The van der Waals surface area contributed by atoms with Gasteiger partial charge in [0.05, 0.1) is 11.8 Å². The molecular formula is C26H33BrN2O3. The van der Waals surface area contributed by atoms with Crippen LogP contribution in [0, 0.1) is 0 Å². The summed E-state index contributed by atoms with van der Waals surface area (Å²) in [6.45, 7) is 2.23. The average Bonchev–Trinajstić information content (AvgIpc) is 2.79. The van der Waals surface area contributed by atoms with Crippen molar-refractivity contribution >= 4 is 34.0 Å². The van der Waals surface area contributed by atoms with E-state index in [2.05, 4.69) is 33.4 Å². The molecule has 0 atom stereocenters. The molecule has 32 heavy (non-hydrogen) atoms. The van der Waals surface area contributed by atoms with Crippen molar-refractivity contribution < 1.29 is 14.3 Å². The van der Waals surface area contributed by atoms with Gasteiger partial charge in [-0.25, -0.2) is 10.2 Å². The fraction of sp³-hybridized carbons (Fsp3) is 0.423. The normalized spacial score (nSPS) is 10.9. The summed E-state index contributed by atoms with van der Waals surface area (Å²) < 4.78 is 6.27. The first-order valence-electron chi connectivity index (χ1n) is 11.5. The number of amides is 1. The highest BCUT2D eigenvalue weighted by Gasteiger charge is 2.08. The van der Waals surface area contributed by atoms with Crippen molar-refractivity contribution in [2.45, 2.75) is 71.1 Å². The van der Waals surface area contributed by atoms with Gasteiger partial charge in [-0.15, -0.1) is 0 Å². The molecule has 0 saturated heterocycles. The predicted octanol–water partition coefficient (Wildman–Crippen LogP) is 7.04. The van der Waals surface area contributed by atoms with Gasteiger partial charge < -0.3 is 4.74 Å². The number of hydrazone groups is 1. The van der Waals surface area contributed by atoms with E-state index >= 15 is 0 Å². The Hall–Kier alpha value is -2.47. The Kier molecular flexibility index (Phi) is 12.4. The third-order valence-corrected chi connectivity index (χ3v) is 5.61. The van der Waals surface area contributed by atoms with Crippen LogP contribution in [-0.4, -0.2) is 18.1 Å². The molecule has 0 unspecified atom stereocenters. The van der Waals surface area contributed by atoms with E-state index in [4.69, 9.17) is 4.74 Å². The third-order valence-electron chi connectivity index (χ3n) is 5.08. The number of rotatable bonds is 14. The zero-order valence-corrected chi connectivity index (χ0v) is 20.4. The van der Waals surface area contributed by atoms with Gasteiger partial charge >= 0.3 is 5.97 Å². The predicted molar refractivity (Wildman–Crippen MR) is 133 cm³/mol. The van der Waals surface area contributed by atoms with Crippen LogP contribution in [0.4, 0.5) is 0 Å². The minimum Gasteiger partial charge on any atom is -0.423 e. The van der Waals surface area contributed by atoms with Gasteiger partial charge in [-0.2, -0.15) is 5.10 Å². The molecule has 2 aromatic rings. The molecule has 0 aromatic heterocycles. The molecule has 2 rings (SSSR count). The zero-order chi connectivity index (χ0) is 23.0. The molecule has 1 N–H and O–H groups in total. The van der Waals surface area contributed by atoms with Crippen molar-refractivity contribution in [3.05, 3.63) is 64.1 Å². The summed E-state index contributed by atoms with van der Waals surface area (Å²) in [6.07, 6.45) is 13.1. The van der Waals surface area contributed by atoms with Gasteiger partial charge in [-0.3, -0.25) is 4.79 Å². The number of hydrogen-bond donors (Lipinski definition) is 1. The maximum Gasteiger partial charge on any atom is 0.343 e. The van der Waals surface area contributed by atoms with Gasteiger partial charge in [-0.05, 0) is 60.5 Å². The fourth-order valence-corrected chi connectivity index (χ4v) is 3.47. The second-order valence-electron chi connectivity index (χ2n) is 7.84. The summed E-state index contributed by atoms with van der Waals surface area (Å²) in [4.78, 5) is 24.0. The van der Waals surface area contributed by atoms with Crippen LogP contribution in [0.5, 0.6) is 5.75 Å². The van der Waals surface area contributed by atoms with E-state index in [1.807, 2.05) is 0 Å². The molecule has 0 aliphatic carbocycles. The first-order chi connectivity index (χ1) is 15.6. The van der Waals surface area contributed by atoms with E-state index < -0.39 is 5.97 Å². The van der Waals surface area contributed by atoms with Crippen LogP contribution >= 0.6 is 15.9 Å². The number of nitrogens with zero attached hydrogens (tertiary/aromatic N) is 1. The Balaban J connectivity index is 1.61. The number of hydrogen-bond acceptors (Lipinski definition) is 4. The van der Waals surface area contributed by atoms with Crippen molar-refractivity contribution in [2.24, 2.45) is 5.10 Å². The number of benzene rings is 2. The van der Waals surface area contributed by atoms with Crippen molar-refractivity contribution in [3.8, 4) is 5.75 Å². The summed E-state index contributed by atoms with van der Waals surface area (Å²) in [5, 5.41) is 4.01. The average molecular weight is 501 g/mol. The van der Waals surface area contributed by atoms with Crippen molar-refractivity contribution in [2.75, 3.05) is 0 Å². The molecule has 0 bridgehead atoms. The van der Waals surface area contributed by atoms with Crippen LogP contribution in [0.3, 0.4) is 0 Å². The van der Waals surface area contributed by atoms with Gasteiger partial charge in [0.2, 0.25) is 5.91 Å². The van der Waals surface area contributed by atoms with Crippen LogP contribution in [0.15, 0.2) is 58.1 Å². The monoisotopic (exact) mass is 500 g/mol. The van der Waals surface area contributed by atoms with E-state index in [0.29, 0.717) is 17.7 Å². The highest BCUT2D eigenvalue weighted by Crippen LogP contribution is 2.16. The Bertz CT molecular complexity index is 848. The number of carbonyl (C=O) groups excluding carboxylic acids is 2.